The van der Waals surface area contributed by atoms with Crippen LogP contribution in [-0.4, -0.2) is 56.0 Å². The number of nitrogens with zero attached hydrogens (tertiary/aromatic N) is 1. The predicted octanol–water partition coefficient (Wildman–Crippen LogP) is 5.40. The molecule has 0 aromatic heterocycles. The molecular formula is C13H6ClF12NO5S. The Hall–Kier alpha value is -2.02. The first-order chi connectivity index (χ1) is 14.5. The maximum absolute atomic E-state index is 13.6. The van der Waals surface area contributed by atoms with E-state index in [2.05, 4.69) is 4.18 Å². The van der Waals surface area contributed by atoms with Crippen molar-refractivity contribution in [2.75, 3.05) is 6.61 Å². The summed E-state index contributed by atoms with van der Waals surface area (Å²) in [5.74, 6) is -37.1. The van der Waals surface area contributed by atoms with Gasteiger partial charge in [0.2, 0.25) is 0 Å². The van der Waals surface area contributed by atoms with E-state index in [4.69, 9.17) is 11.6 Å². The maximum atomic E-state index is 13.6. The molecule has 0 N–H and O–H groups in total. The Labute approximate surface area is 179 Å². The maximum Gasteiger partial charge on any atom is 0.384 e. The fourth-order valence-electron chi connectivity index (χ4n) is 1.87. The molecule has 0 atom stereocenters. The summed E-state index contributed by atoms with van der Waals surface area (Å²) in [5.41, 5.74) is -1.18. The molecule has 0 heterocycles. The molecule has 0 saturated carbocycles. The Kier molecular flexibility index (Phi) is 7.60. The molecule has 190 valence electrons. The smallest absolute Gasteiger partial charge is 0.260 e. The second-order valence-corrected chi connectivity index (χ2v) is 7.96. The summed E-state index contributed by atoms with van der Waals surface area (Å²) in [7, 11) is -5.73. The van der Waals surface area contributed by atoms with E-state index in [1.807, 2.05) is 0 Å². The van der Waals surface area contributed by atoms with Crippen LogP contribution in [0, 0.1) is 10.1 Å². The fraction of sp³-hybridized carbons (Fsp3) is 0.538. The van der Waals surface area contributed by atoms with Gasteiger partial charge in [-0.15, -0.1) is 0 Å². The minimum absolute atomic E-state index is 0.0555. The van der Waals surface area contributed by atoms with Crippen LogP contribution in [0.4, 0.5) is 58.4 Å². The lowest BCUT2D eigenvalue weighted by Crippen LogP contribution is -2.69. The highest BCUT2D eigenvalue weighted by Gasteiger charge is 2.87. The number of halogens is 13. The van der Waals surface area contributed by atoms with Crippen molar-refractivity contribution in [3.63, 3.8) is 0 Å². The zero-order chi connectivity index (χ0) is 26.4. The van der Waals surface area contributed by atoms with Crippen LogP contribution in [0.15, 0.2) is 23.1 Å². The lowest BCUT2D eigenvalue weighted by molar-refractivity contribution is -0.414. The van der Waals surface area contributed by atoms with Crippen molar-refractivity contribution in [2.45, 2.75) is 40.9 Å². The van der Waals surface area contributed by atoms with Crippen LogP contribution in [0.2, 0.25) is 5.02 Å². The van der Waals surface area contributed by atoms with Gasteiger partial charge in [-0.3, -0.25) is 14.3 Å². The zero-order valence-electron chi connectivity index (χ0n) is 14.8. The first kappa shape index (κ1) is 29.0. The molecular weight excluding hydrogens is 546 g/mol. The SMILES string of the molecule is O=[N+]([O-])c1cc(S(=O)(=O)OCC(F)(F)C(F)(F)C(F)(F)C(F)(F)C(F)(F)C(F)F)ccc1Cl. The van der Waals surface area contributed by atoms with E-state index in [1.54, 1.807) is 0 Å². The van der Waals surface area contributed by atoms with Crippen molar-refractivity contribution in [3.05, 3.63) is 33.3 Å². The minimum atomic E-state index is -7.87. The van der Waals surface area contributed by atoms with Gasteiger partial charge in [0.15, 0.2) is 0 Å². The van der Waals surface area contributed by atoms with Crippen LogP contribution < -0.4 is 0 Å². The normalized spacial score (nSPS) is 14.6. The lowest BCUT2D eigenvalue weighted by Gasteiger charge is -2.38. The lowest BCUT2D eigenvalue weighted by atomic mass is 9.95. The summed E-state index contributed by atoms with van der Waals surface area (Å²) < 4.78 is 184. The Morgan fingerprint density at radius 1 is 0.939 bits per heavy atom. The molecule has 1 aromatic rings. The predicted molar refractivity (Wildman–Crippen MR) is 82.0 cm³/mol. The number of hydrogen-bond donors (Lipinski definition) is 0. The van der Waals surface area contributed by atoms with Crippen molar-refractivity contribution >= 4 is 27.4 Å². The topological polar surface area (TPSA) is 86.5 Å². The Morgan fingerprint density at radius 3 is 1.85 bits per heavy atom. The van der Waals surface area contributed by atoms with Gasteiger partial charge in [-0.25, -0.2) is 8.78 Å². The Bertz CT molecular complexity index is 1020. The van der Waals surface area contributed by atoms with E-state index < -0.39 is 73.3 Å². The van der Waals surface area contributed by atoms with Crippen molar-refractivity contribution < 1.29 is 70.2 Å². The second kappa shape index (κ2) is 8.64. The first-order valence-electron chi connectivity index (χ1n) is 7.48. The largest absolute Gasteiger partial charge is 0.384 e. The van der Waals surface area contributed by atoms with E-state index >= 15 is 0 Å². The van der Waals surface area contributed by atoms with Gasteiger partial charge >= 0.3 is 36.0 Å². The summed E-state index contributed by atoms with van der Waals surface area (Å²) in [5, 5.41) is 9.97. The van der Waals surface area contributed by atoms with Crippen molar-refractivity contribution in [1.29, 1.82) is 0 Å². The molecule has 0 radical (unpaired) electrons. The molecule has 6 nitrogen and oxygen atoms in total. The van der Waals surface area contributed by atoms with Crippen molar-refractivity contribution in [1.82, 2.24) is 0 Å². The van der Waals surface area contributed by atoms with E-state index in [0.717, 1.165) is 0 Å². The van der Waals surface area contributed by atoms with Crippen LogP contribution in [0.1, 0.15) is 0 Å². The molecule has 0 saturated heterocycles. The zero-order valence-corrected chi connectivity index (χ0v) is 16.4. The van der Waals surface area contributed by atoms with Gasteiger partial charge in [-0.05, 0) is 12.1 Å². The van der Waals surface area contributed by atoms with Crippen molar-refractivity contribution in [2.24, 2.45) is 0 Å². The summed E-state index contributed by atoms with van der Waals surface area (Å²) in [6.45, 7) is -3.40. The average Bonchev–Trinajstić information content (AvgIpc) is 2.65. The van der Waals surface area contributed by atoms with Gasteiger partial charge in [0, 0.05) is 6.07 Å². The van der Waals surface area contributed by atoms with Gasteiger partial charge < -0.3 is 0 Å². The van der Waals surface area contributed by atoms with E-state index in [-0.39, 0.29) is 6.07 Å². The van der Waals surface area contributed by atoms with Gasteiger partial charge in [0.1, 0.15) is 16.5 Å². The highest BCUT2D eigenvalue weighted by Crippen LogP contribution is 2.58. The number of hydrogen-bond acceptors (Lipinski definition) is 5. The van der Waals surface area contributed by atoms with Crippen LogP contribution in [0.5, 0.6) is 0 Å². The highest BCUT2D eigenvalue weighted by molar-refractivity contribution is 7.86. The van der Waals surface area contributed by atoms with Crippen molar-refractivity contribution in [3.8, 4) is 0 Å². The van der Waals surface area contributed by atoms with E-state index in [0.29, 0.717) is 12.1 Å². The Morgan fingerprint density at radius 2 is 1.42 bits per heavy atom. The van der Waals surface area contributed by atoms with Gasteiger partial charge in [0.25, 0.3) is 15.8 Å². The number of nitro benzene ring substituents is 1. The van der Waals surface area contributed by atoms with E-state index in [9.17, 15) is 71.2 Å². The van der Waals surface area contributed by atoms with Gasteiger partial charge in [-0.1, -0.05) is 11.6 Å². The standard InChI is InChI=1S/C13H6ClF12NO5S/c14-6-2-1-5(3-7(6)27(28)29)33(30,31)32-4-9(17,18)11(21,22)13(25,26)12(23,24)10(19,20)8(15)16/h1-3,8H,4H2. The van der Waals surface area contributed by atoms with E-state index in [1.165, 1.54) is 0 Å². The molecule has 0 aliphatic carbocycles. The summed E-state index contributed by atoms with van der Waals surface area (Å²) >= 11 is 5.34. The minimum Gasteiger partial charge on any atom is -0.260 e. The third-order valence-electron chi connectivity index (χ3n) is 3.74. The second-order valence-electron chi connectivity index (χ2n) is 5.94. The molecule has 0 amide bonds. The van der Waals surface area contributed by atoms with Gasteiger partial charge in [-0.2, -0.15) is 52.3 Å². The first-order valence-corrected chi connectivity index (χ1v) is 9.26. The fourth-order valence-corrected chi connectivity index (χ4v) is 2.99. The van der Waals surface area contributed by atoms with Crippen LogP contribution in [0.3, 0.4) is 0 Å². The Balaban J connectivity index is 3.32. The third-order valence-corrected chi connectivity index (χ3v) is 5.32. The monoisotopic (exact) mass is 551 g/mol. The average molecular weight is 552 g/mol. The third kappa shape index (κ3) is 4.79. The molecule has 0 spiro atoms. The van der Waals surface area contributed by atoms with Gasteiger partial charge in [0.05, 0.1) is 4.92 Å². The summed E-state index contributed by atoms with van der Waals surface area (Å²) in [6, 6.07) is 0.886. The summed E-state index contributed by atoms with van der Waals surface area (Å²) in [6.07, 6.45) is -5.69. The van der Waals surface area contributed by atoms with Crippen LogP contribution >= 0.6 is 11.6 Å². The van der Waals surface area contributed by atoms with Crippen LogP contribution in [-0.2, 0) is 14.3 Å². The number of nitro groups is 1. The molecule has 0 unspecified atom stereocenters. The molecule has 1 aromatic carbocycles. The molecule has 0 fully saturated rings. The molecule has 33 heavy (non-hydrogen) atoms. The quantitative estimate of drug-likeness (QED) is 0.168. The number of benzene rings is 1. The molecule has 0 bridgehead atoms. The molecule has 20 heteroatoms. The molecule has 0 aliphatic heterocycles. The summed E-state index contributed by atoms with van der Waals surface area (Å²) in [4.78, 5) is 7.97. The molecule has 0 aliphatic rings. The van der Waals surface area contributed by atoms with Crippen LogP contribution in [0.25, 0.3) is 0 Å². The molecule has 1 rings (SSSR count). The highest BCUT2D eigenvalue weighted by atomic mass is 35.5. The number of rotatable bonds is 10. The number of alkyl halides is 12.